The first-order valence-corrected chi connectivity index (χ1v) is 8.75. The summed E-state index contributed by atoms with van der Waals surface area (Å²) >= 11 is 1.48. The van der Waals surface area contributed by atoms with Crippen LogP contribution in [0.1, 0.15) is 26.2 Å². The average Bonchev–Trinajstić information content (AvgIpc) is 3.03. The average molecular weight is 315 g/mol. The largest absolute Gasteiger partial charge is 0.339 e. The van der Waals surface area contributed by atoms with E-state index in [0.717, 1.165) is 35.8 Å². The van der Waals surface area contributed by atoms with Crippen molar-refractivity contribution in [3.05, 3.63) is 36.5 Å². The molecule has 4 nitrogen and oxygen atoms in total. The number of likely N-dealkylation sites (tertiary alicyclic amines) is 1. The highest BCUT2D eigenvalue weighted by Crippen LogP contribution is 2.23. The van der Waals surface area contributed by atoms with Crippen LogP contribution in [0.2, 0.25) is 0 Å². The number of aromatic nitrogens is 2. The summed E-state index contributed by atoms with van der Waals surface area (Å²) < 4.78 is 0. The van der Waals surface area contributed by atoms with Crippen LogP contribution in [0.15, 0.2) is 41.7 Å². The Morgan fingerprint density at radius 2 is 2.18 bits per heavy atom. The van der Waals surface area contributed by atoms with Gasteiger partial charge in [0.1, 0.15) is 0 Å². The predicted octanol–water partition coefficient (Wildman–Crippen LogP) is 3.57. The number of H-pyrrole nitrogens is 1. The van der Waals surface area contributed by atoms with E-state index in [1.807, 2.05) is 41.4 Å². The van der Waals surface area contributed by atoms with Crippen molar-refractivity contribution >= 4 is 17.7 Å². The van der Waals surface area contributed by atoms with Crippen LogP contribution in [0.25, 0.3) is 11.3 Å². The number of aromatic amines is 1. The monoisotopic (exact) mass is 315 g/mol. The first-order valence-electron chi connectivity index (χ1n) is 7.77. The van der Waals surface area contributed by atoms with E-state index in [0.29, 0.717) is 11.8 Å². The third kappa shape index (κ3) is 3.53. The van der Waals surface area contributed by atoms with Gasteiger partial charge in [0.05, 0.1) is 17.6 Å². The summed E-state index contributed by atoms with van der Waals surface area (Å²) in [6, 6.07) is 10.5. The number of piperidine rings is 1. The number of nitrogens with one attached hydrogen (secondary N) is 1. The molecule has 22 heavy (non-hydrogen) atoms. The highest BCUT2D eigenvalue weighted by Gasteiger charge is 2.23. The molecule has 1 fully saturated rings. The van der Waals surface area contributed by atoms with Crippen molar-refractivity contribution in [1.82, 2.24) is 14.9 Å². The predicted molar refractivity (Wildman–Crippen MR) is 89.8 cm³/mol. The molecule has 1 unspecified atom stereocenters. The Balaban J connectivity index is 1.58. The fourth-order valence-corrected chi connectivity index (χ4v) is 3.56. The summed E-state index contributed by atoms with van der Waals surface area (Å²) in [6.07, 6.45) is 5.30. The Morgan fingerprint density at radius 3 is 2.95 bits per heavy atom. The summed E-state index contributed by atoms with van der Waals surface area (Å²) in [4.78, 5) is 22.0. The second kappa shape index (κ2) is 7.01. The summed E-state index contributed by atoms with van der Waals surface area (Å²) in [5.74, 6) is 0.668. The SMILES string of the molecule is CC1CCCCN1C(=O)CSc1ncc(-c2ccccc2)[nH]1. The van der Waals surface area contributed by atoms with Crippen LogP contribution >= 0.6 is 11.8 Å². The molecule has 1 amide bonds. The first-order chi connectivity index (χ1) is 10.7. The van der Waals surface area contributed by atoms with Gasteiger partial charge in [-0.1, -0.05) is 42.1 Å². The Labute approximate surface area is 135 Å². The smallest absolute Gasteiger partial charge is 0.233 e. The van der Waals surface area contributed by atoms with Gasteiger partial charge in [-0.05, 0) is 31.7 Å². The molecule has 1 aromatic carbocycles. The van der Waals surface area contributed by atoms with Gasteiger partial charge in [-0.15, -0.1) is 0 Å². The first kappa shape index (κ1) is 15.2. The molecule has 2 aromatic rings. The lowest BCUT2D eigenvalue weighted by Gasteiger charge is -2.33. The van der Waals surface area contributed by atoms with E-state index in [1.54, 1.807) is 0 Å². The molecule has 5 heteroatoms. The van der Waals surface area contributed by atoms with E-state index < -0.39 is 0 Å². The third-order valence-corrected chi connectivity index (χ3v) is 4.97. The van der Waals surface area contributed by atoms with E-state index in [4.69, 9.17) is 0 Å². The zero-order valence-corrected chi connectivity index (χ0v) is 13.6. The van der Waals surface area contributed by atoms with E-state index in [-0.39, 0.29) is 5.91 Å². The van der Waals surface area contributed by atoms with Crippen LogP contribution < -0.4 is 0 Å². The van der Waals surface area contributed by atoms with Gasteiger partial charge >= 0.3 is 0 Å². The van der Waals surface area contributed by atoms with Crippen molar-refractivity contribution in [2.45, 2.75) is 37.4 Å². The van der Waals surface area contributed by atoms with Crippen molar-refractivity contribution in [2.24, 2.45) is 0 Å². The summed E-state index contributed by atoms with van der Waals surface area (Å²) in [7, 11) is 0. The zero-order valence-electron chi connectivity index (χ0n) is 12.8. The minimum Gasteiger partial charge on any atom is -0.339 e. The van der Waals surface area contributed by atoms with E-state index in [2.05, 4.69) is 16.9 Å². The quantitative estimate of drug-likeness (QED) is 0.878. The molecule has 0 saturated carbocycles. The number of hydrogen-bond donors (Lipinski definition) is 1. The molecular formula is C17H21N3OS. The van der Waals surface area contributed by atoms with Crippen LogP contribution in [-0.4, -0.2) is 39.1 Å². The van der Waals surface area contributed by atoms with Gasteiger partial charge in [-0.2, -0.15) is 0 Å². The minimum absolute atomic E-state index is 0.217. The molecule has 3 rings (SSSR count). The van der Waals surface area contributed by atoms with Gasteiger partial charge in [-0.25, -0.2) is 4.98 Å². The molecule has 1 aliphatic heterocycles. The minimum atomic E-state index is 0.217. The number of thioether (sulfide) groups is 1. The number of amides is 1. The molecule has 1 atom stereocenters. The van der Waals surface area contributed by atoms with Gasteiger partial charge in [0.2, 0.25) is 5.91 Å². The van der Waals surface area contributed by atoms with Crippen molar-refractivity contribution in [3.8, 4) is 11.3 Å². The lowest BCUT2D eigenvalue weighted by Crippen LogP contribution is -2.42. The van der Waals surface area contributed by atoms with E-state index in [1.165, 1.54) is 18.2 Å². The number of imidazole rings is 1. The second-order valence-corrected chi connectivity index (χ2v) is 6.65. The molecule has 1 aromatic heterocycles. The Kier molecular flexibility index (Phi) is 4.83. The van der Waals surface area contributed by atoms with Crippen molar-refractivity contribution in [3.63, 3.8) is 0 Å². The maximum atomic E-state index is 12.3. The number of carbonyl (C=O) groups excluding carboxylic acids is 1. The zero-order chi connectivity index (χ0) is 15.4. The Morgan fingerprint density at radius 1 is 1.36 bits per heavy atom. The normalized spacial score (nSPS) is 18.4. The van der Waals surface area contributed by atoms with Crippen molar-refractivity contribution in [1.29, 1.82) is 0 Å². The second-order valence-electron chi connectivity index (χ2n) is 5.69. The fraction of sp³-hybridized carbons (Fsp3) is 0.412. The number of hydrogen-bond acceptors (Lipinski definition) is 3. The van der Waals surface area contributed by atoms with Crippen LogP contribution in [0.5, 0.6) is 0 Å². The standard InChI is InChI=1S/C17H21N3OS/c1-13-7-5-6-10-20(13)16(21)12-22-17-18-11-15(19-17)14-8-3-2-4-9-14/h2-4,8-9,11,13H,5-7,10,12H2,1H3,(H,18,19). The van der Waals surface area contributed by atoms with Crippen molar-refractivity contribution in [2.75, 3.05) is 12.3 Å². The molecule has 1 saturated heterocycles. The number of rotatable bonds is 4. The maximum absolute atomic E-state index is 12.3. The van der Waals surface area contributed by atoms with Gasteiger partial charge in [-0.3, -0.25) is 4.79 Å². The van der Waals surface area contributed by atoms with E-state index in [9.17, 15) is 4.79 Å². The van der Waals surface area contributed by atoms with Crippen LogP contribution in [0.3, 0.4) is 0 Å². The lowest BCUT2D eigenvalue weighted by molar-refractivity contribution is -0.131. The third-order valence-electron chi connectivity index (χ3n) is 4.09. The lowest BCUT2D eigenvalue weighted by atomic mass is 10.0. The van der Waals surface area contributed by atoms with E-state index >= 15 is 0 Å². The summed E-state index contributed by atoms with van der Waals surface area (Å²) in [5.41, 5.74) is 2.10. The molecule has 1 aliphatic rings. The Bertz CT molecular complexity index is 626. The van der Waals surface area contributed by atoms with Gasteiger partial charge in [0, 0.05) is 12.6 Å². The maximum Gasteiger partial charge on any atom is 0.233 e. The molecule has 0 aliphatic carbocycles. The van der Waals surface area contributed by atoms with Crippen molar-refractivity contribution < 1.29 is 4.79 Å². The molecule has 1 N–H and O–H groups in total. The van der Waals surface area contributed by atoms with Crippen LogP contribution in [-0.2, 0) is 4.79 Å². The van der Waals surface area contributed by atoms with Crippen LogP contribution in [0, 0.1) is 0 Å². The summed E-state index contributed by atoms with van der Waals surface area (Å²) in [5, 5.41) is 0.803. The molecule has 2 heterocycles. The Hall–Kier alpha value is -1.75. The number of nitrogens with zero attached hydrogens (tertiary/aromatic N) is 2. The fourth-order valence-electron chi connectivity index (χ4n) is 2.82. The molecular weight excluding hydrogens is 294 g/mol. The topological polar surface area (TPSA) is 49.0 Å². The van der Waals surface area contributed by atoms with Crippen LogP contribution in [0.4, 0.5) is 0 Å². The molecule has 0 bridgehead atoms. The molecule has 0 radical (unpaired) electrons. The number of carbonyl (C=O) groups is 1. The van der Waals surface area contributed by atoms with Gasteiger partial charge in [0.25, 0.3) is 0 Å². The molecule has 116 valence electrons. The highest BCUT2D eigenvalue weighted by atomic mass is 32.2. The summed E-state index contributed by atoms with van der Waals surface area (Å²) in [6.45, 7) is 3.04. The number of benzene rings is 1. The highest BCUT2D eigenvalue weighted by molar-refractivity contribution is 7.99. The van der Waals surface area contributed by atoms with Gasteiger partial charge < -0.3 is 9.88 Å². The van der Waals surface area contributed by atoms with Gasteiger partial charge in [0.15, 0.2) is 5.16 Å². The molecule has 0 spiro atoms.